The molecule has 0 saturated heterocycles. The first kappa shape index (κ1) is 88.5. The predicted molar refractivity (Wildman–Crippen MR) is 444 cm³/mol. The summed E-state index contributed by atoms with van der Waals surface area (Å²) in [6.45, 7) is 22.6. The molecule has 0 saturated carbocycles. The van der Waals surface area contributed by atoms with Crippen molar-refractivity contribution in [3.05, 3.63) is 258 Å². The number of aliphatic hydroxyl groups excluding tert-OH is 4. The topological polar surface area (TPSA) is 406 Å². The minimum atomic E-state index is -3.77. The number of H-pyrrole nitrogens is 2. The highest BCUT2D eigenvalue weighted by molar-refractivity contribution is 7.90. The van der Waals surface area contributed by atoms with Crippen LogP contribution < -0.4 is 0 Å². The number of rotatable bonds is 20. The van der Waals surface area contributed by atoms with E-state index in [-0.39, 0.29) is 53.9 Å². The van der Waals surface area contributed by atoms with Crippen molar-refractivity contribution < 1.29 is 82.0 Å². The third-order valence-corrected chi connectivity index (χ3v) is 20.6. The Labute approximate surface area is 676 Å². The number of benzene rings is 8. The van der Waals surface area contributed by atoms with Gasteiger partial charge in [0.2, 0.25) is 0 Å². The Hall–Kier alpha value is -12.4. The number of aromatic nitrogens is 12. The van der Waals surface area contributed by atoms with E-state index in [4.69, 9.17) is 19.3 Å². The summed E-state index contributed by atoms with van der Waals surface area (Å²) >= 11 is 0. The van der Waals surface area contributed by atoms with Gasteiger partial charge in [-0.25, -0.2) is 75.2 Å². The van der Waals surface area contributed by atoms with E-state index in [9.17, 15) is 57.9 Å². The number of imidazole rings is 6. The molecule has 0 aliphatic heterocycles. The molecular weight excluding hydrogens is 1520 g/mol. The number of nitrogens with zero attached hydrogens (tertiary/aromatic N) is 10. The molecule has 30 heteroatoms. The Kier molecular flexibility index (Phi) is 29.4. The number of ether oxygens (including phenoxy) is 4. The second-order valence-corrected chi connectivity index (χ2v) is 30.3. The van der Waals surface area contributed by atoms with E-state index < -0.39 is 63.4 Å². The van der Waals surface area contributed by atoms with Gasteiger partial charge in [-0.1, -0.05) is 137 Å². The van der Waals surface area contributed by atoms with E-state index in [0.29, 0.717) is 91.1 Å². The molecule has 0 aliphatic carbocycles. The zero-order chi connectivity index (χ0) is 85.2. The maximum Gasteiger partial charge on any atom is 0.420 e. The number of hydrogen-bond acceptors (Lipinski definition) is 23. The van der Waals surface area contributed by atoms with Crippen LogP contribution in [0.15, 0.2) is 212 Å². The Morgan fingerprint density at radius 2 is 0.949 bits per heavy atom. The van der Waals surface area contributed by atoms with Gasteiger partial charge in [0.15, 0.2) is 17.4 Å². The van der Waals surface area contributed by atoms with E-state index in [1.54, 1.807) is 156 Å². The van der Waals surface area contributed by atoms with E-state index >= 15 is 0 Å². The van der Waals surface area contributed by atoms with Crippen molar-refractivity contribution >= 4 is 106 Å². The Morgan fingerprint density at radius 3 is 1.44 bits per heavy atom. The molecule has 0 radical (unpaired) electrons. The number of esters is 1. The van der Waals surface area contributed by atoms with Crippen LogP contribution in [0.3, 0.4) is 0 Å². The van der Waals surface area contributed by atoms with Gasteiger partial charge >= 0.3 is 24.2 Å². The maximum absolute atomic E-state index is 12.9. The van der Waals surface area contributed by atoms with Gasteiger partial charge in [0, 0.05) is 17.5 Å². The van der Waals surface area contributed by atoms with Crippen LogP contribution in [0.25, 0.3) is 66.2 Å². The van der Waals surface area contributed by atoms with Crippen molar-refractivity contribution in [3.8, 4) is 0 Å². The van der Waals surface area contributed by atoms with Crippen molar-refractivity contribution in [3.63, 3.8) is 0 Å². The summed E-state index contributed by atoms with van der Waals surface area (Å²) in [7, 11) is -2.43. The van der Waals surface area contributed by atoms with Crippen LogP contribution in [-0.2, 0) is 59.8 Å². The smallest absolute Gasteiger partial charge is 0.420 e. The molecule has 0 amide bonds. The third kappa shape index (κ3) is 21.2. The van der Waals surface area contributed by atoms with Gasteiger partial charge in [0.05, 0.1) is 90.4 Å². The molecule has 0 spiro atoms. The second kappa shape index (κ2) is 38.8. The highest BCUT2D eigenvalue weighted by Crippen LogP contribution is 2.32. The van der Waals surface area contributed by atoms with E-state index in [0.717, 1.165) is 45.3 Å². The lowest BCUT2D eigenvalue weighted by atomic mass is 9.94. The van der Waals surface area contributed by atoms with E-state index in [2.05, 4.69) is 51.2 Å². The SMILES string of the molecule is C=CCOC(=O)n1c(C(C)(C)O)nc2ccccc21.CC(O)c1nc2ccc(C(=O)c3ccccc3)cc2[nH]1.CCC(C)(C)OC(=O)n1c(CO)nc2ccccc21.CCC(CC)(CC)OC(=O)n1c(C(C)(C)O)nc2ccccc21.COC(=O)c1ccc2nc(CCO)[nH]c2c1.O=S(=O)(c1ccccc1)n1c(CO)nc2ccccc21. The maximum atomic E-state index is 12.9. The van der Waals surface area contributed by atoms with Gasteiger partial charge in [0.1, 0.15) is 71.6 Å². The van der Waals surface area contributed by atoms with Crippen LogP contribution in [0.4, 0.5) is 14.4 Å². The minimum Gasteiger partial charge on any atom is -0.465 e. The molecule has 0 bridgehead atoms. The number of nitrogens with one attached hydrogen (secondary N) is 2. The van der Waals surface area contributed by atoms with Crippen LogP contribution >= 0.6 is 0 Å². The molecule has 614 valence electrons. The van der Waals surface area contributed by atoms with Crippen LogP contribution in [0.2, 0.25) is 0 Å². The van der Waals surface area contributed by atoms with Crippen molar-refractivity contribution in [2.75, 3.05) is 20.3 Å². The molecule has 29 nitrogen and oxygen atoms in total. The normalized spacial score (nSPS) is 11.9. The molecule has 0 aliphatic rings. The molecule has 6 aromatic heterocycles. The molecule has 14 aromatic rings. The van der Waals surface area contributed by atoms with Gasteiger partial charge in [-0.2, -0.15) is 0 Å². The van der Waals surface area contributed by atoms with E-state index in [1.165, 1.54) is 39.0 Å². The number of hydrogen-bond donors (Lipinski definition) is 8. The second-order valence-electron chi connectivity index (χ2n) is 28.5. The minimum absolute atomic E-state index is 0.0271. The van der Waals surface area contributed by atoms with Gasteiger partial charge in [0.25, 0.3) is 10.0 Å². The fourth-order valence-electron chi connectivity index (χ4n) is 12.2. The van der Waals surface area contributed by atoms with Crippen LogP contribution in [0.1, 0.15) is 169 Å². The summed E-state index contributed by atoms with van der Waals surface area (Å²) in [6.07, 6.45) is 2.68. The average Bonchev–Trinajstić information content (AvgIpc) is 1.60. The van der Waals surface area contributed by atoms with Gasteiger partial charge in [-0.05, 0) is 171 Å². The Bertz CT molecular complexity index is 5900. The van der Waals surface area contributed by atoms with Gasteiger partial charge in [-0.3, -0.25) is 4.79 Å². The lowest BCUT2D eigenvalue weighted by Gasteiger charge is -2.31. The first-order valence-corrected chi connectivity index (χ1v) is 39.2. The standard InChI is InChI=1S/C18H26N2O3.C16H14N2O2.C14H12N2O3S.C14H18N2O3.C14H16N2O3.C11H12N2O3/c1-6-18(7-2,8-3)23-16(21)20-14-12-10-9-11-13(14)19-15(20)17(4,5)22;1-10(19)16-17-13-8-7-12(9-14(13)18-16)15(20)11-5-3-2-4-6-11;17-10-14-15-12-8-4-5-9-13(12)16(14)20(18,19)11-6-2-1-3-7-11;1-4-14(2,3)19-13(18)16-11-8-6-5-7-10(11)15-12(16)9-17;1-4-9-19-13(17)16-11-8-6-5-7-10(11)15-12(16)14(2,3)18;1-16-11(15)7-2-3-8-9(6-7)13-10(12-8)4-5-14/h9-12,22H,6-8H2,1-5H3;2-10,19H,1H3,(H,17,18);1-9,17H,10H2;5-8,17H,4,9H2,1-3H3;4-8,18H,1,9H2,2-3H3;2-3,6,14H,4-5H2,1H3,(H,12,13). The summed E-state index contributed by atoms with van der Waals surface area (Å²) in [4.78, 5) is 92.7. The number of para-hydroxylation sites is 8. The number of fused-ring (bicyclic) bond motifs is 6. The molecular formula is C87H98N12O17S. The van der Waals surface area contributed by atoms with Crippen LogP contribution in [-0.4, -0.2) is 158 Å². The summed E-state index contributed by atoms with van der Waals surface area (Å²) in [5.41, 5.74) is 6.10. The fraction of sp³-hybridized carbons (Fsp3) is 0.299. The molecule has 1 atom stereocenters. The van der Waals surface area contributed by atoms with Crippen molar-refractivity contribution in [1.82, 2.24) is 57.5 Å². The monoisotopic (exact) mass is 1610 g/mol. The Morgan fingerprint density at radius 1 is 0.504 bits per heavy atom. The molecule has 1 unspecified atom stereocenters. The first-order valence-electron chi connectivity index (χ1n) is 37.8. The molecule has 117 heavy (non-hydrogen) atoms. The zero-order valence-corrected chi connectivity index (χ0v) is 68.1. The third-order valence-electron chi connectivity index (χ3n) is 18.8. The van der Waals surface area contributed by atoms with Crippen LogP contribution in [0.5, 0.6) is 0 Å². The van der Waals surface area contributed by atoms with Gasteiger partial charge in [-0.15, -0.1) is 0 Å². The van der Waals surface area contributed by atoms with Crippen molar-refractivity contribution in [2.45, 2.75) is 155 Å². The number of carbonyl (C=O) groups excluding carboxylic acids is 5. The Balaban J connectivity index is 0.000000161. The average molecular weight is 1620 g/mol. The lowest BCUT2D eigenvalue weighted by Crippen LogP contribution is -2.36. The number of aromatic amines is 2. The molecule has 14 rings (SSSR count). The number of aliphatic hydroxyl groups is 6. The number of carbonyl (C=O) groups is 5. The van der Waals surface area contributed by atoms with Crippen molar-refractivity contribution in [2.24, 2.45) is 0 Å². The molecule has 8 N–H and O–H groups in total. The largest absolute Gasteiger partial charge is 0.465 e. The highest BCUT2D eigenvalue weighted by Gasteiger charge is 2.35. The summed E-state index contributed by atoms with van der Waals surface area (Å²) in [6, 6.07) is 56.3. The quantitative estimate of drug-likeness (QED) is 0.0152. The molecule has 6 heterocycles. The number of ketones is 1. The van der Waals surface area contributed by atoms with Crippen molar-refractivity contribution in [1.29, 1.82) is 0 Å². The van der Waals surface area contributed by atoms with E-state index in [1.807, 2.05) is 102 Å². The summed E-state index contributed by atoms with van der Waals surface area (Å²) in [5, 5.41) is 57.6. The number of methoxy groups -OCH3 is 1. The zero-order valence-electron chi connectivity index (χ0n) is 67.3. The van der Waals surface area contributed by atoms with Gasteiger partial charge < -0.3 is 59.6 Å². The molecule has 0 fully saturated rings. The predicted octanol–water partition coefficient (Wildman–Crippen LogP) is 14.9. The highest BCUT2D eigenvalue weighted by atomic mass is 32.2. The summed E-state index contributed by atoms with van der Waals surface area (Å²) in [5.74, 6) is 1.75. The first-order chi connectivity index (χ1) is 55.7. The van der Waals surface area contributed by atoms with Crippen LogP contribution in [0, 0.1) is 0 Å². The molecule has 8 aromatic carbocycles. The summed E-state index contributed by atoms with van der Waals surface area (Å²) < 4.78 is 51.5. The fourth-order valence-corrected chi connectivity index (χ4v) is 13.7. The lowest BCUT2D eigenvalue weighted by molar-refractivity contribution is -0.000785.